The molecule has 0 aliphatic rings. The van der Waals surface area contributed by atoms with Gasteiger partial charge in [-0.05, 0) is 17.9 Å². The third-order valence-electron chi connectivity index (χ3n) is 2.55. The highest BCUT2D eigenvalue weighted by molar-refractivity contribution is 5.94. The molecule has 2 heteroatoms. The average Bonchev–Trinajstić information content (AvgIpc) is 2.02. The van der Waals surface area contributed by atoms with Crippen molar-refractivity contribution in [2.24, 2.45) is 10.8 Å². The van der Waals surface area contributed by atoms with Gasteiger partial charge in [-0.3, -0.25) is 4.79 Å². The lowest BCUT2D eigenvalue weighted by Crippen LogP contribution is -2.27. The van der Waals surface area contributed by atoms with Crippen LogP contribution in [0.2, 0.25) is 0 Å². The summed E-state index contributed by atoms with van der Waals surface area (Å²) in [6, 6.07) is 0. The first-order valence-electron chi connectivity index (χ1n) is 5.05. The zero-order chi connectivity index (χ0) is 11.6. The first kappa shape index (κ1) is 13.2. The van der Waals surface area contributed by atoms with Gasteiger partial charge in [0.25, 0.3) is 0 Å². The van der Waals surface area contributed by atoms with Crippen molar-refractivity contribution >= 4 is 5.78 Å². The van der Waals surface area contributed by atoms with Crippen molar-refractivity contribution in [3.63, 3.8) is 0 Å². The molecular weight excluding hydrogens is 176 g/mol. The molecule has 0 heterocycles. The van der Waals surface area contributed by atoms with Crippen molar-refractivity contribution in [2.75, 3.05) is 0 Å². The summed E-state index contributed by atoms with van der Waals surface area (Å²) in [5, 5.41) is 11.6. The zero-order valence-electron chi connectivity index (χ0n) is 10.1. The molecule has 0 rings (SSSR count). The van der Waals surface area contributed by atoms with E-state index < -0.39 is 10.8 Å². The second-order valence-electron chi connectivity index (χ2n) is 5.36. The minimum absolute atomic E-state index is 0.0695. The lowest BCUT2D eigenvalue weighted by molar-refractivity contribution is -0.322. The normalized spacial score (nSPS) is 14.3. The minimum Gasteiger partial charge on any atom is -0.875 e. The largest absolute Gasteiger partial charge is 0.875 e. The van der Waals surface area contributed by atoms with Crippen LogP contribution in [0, 0.1) is 10.8 Å². The number of hydrogen-bond acceptors (Lipinski definition) is 2. The molecule has 0 aromatic carbocycles. The quantitative estimate of drug-likeness (QED) is 0.514. The Kier molecular flexibility index (Phi) is 3.92. The minimum atomic E-state index is -0.459. The van der Waals surface area contributed by atoms with Crippen LogP contribution in [0.1, 0.15) is 48.0 Å². The van der Waals surface area contributed by atoms with E-state index in [9.17, 15) is 9.90 Å². The van der Waals surface area contributed by atoms with Crippen LogP contribution in [0.15, 0.2) is 11.8 Å². The Morgan fingerprint density at radius 3 is 1.93 bits per heavy atom. The van der Waals surface area contributed by atoms with Crippen LogP contribution in [0.5, 0.6) is 0 Å². The third kappa shape index (κ3) is 3.52. The van der Waals surface area contributed by atoms with Gasteiger partial charge in [-0.2, -0.15) is 0 Å². The van der Waals surface area contributed by atoms with Gasteiger partial charge in [-0.15, -0.1) is 5.76 Å². The zero-order valence-corrected chi connectivity index (χ0v) is 10.1. The number of rotatable bonds is 3. The van der Waals surface area contributed by atoms with Gasteiger partial charge in [-0.1, -0.05) is 41.5 Å². The molecule has 0 aromatic heterocycles. The van der Waals surface area contributed by atoms with E-state index in [0.717, 1.165) is 6.42 Å². The Morgan fingerprint density at radius 1 is 1.21 bits per heavy atom. The van der Waals surface area contributed by atoms with Crippen molar-refractivity contribution in [3.05, 3.63) is 11.8 Å². The molecule has 0 saturated carbocycles. The van der Waals surface area contributed by atoms with Crippen LogP contribution in [-0.2, 0) is 4.79 Å². The summed E-state index contributed by atoms with van der Waals surface area (Å²) in [5.41, 5.74) is -0.875. The van der Waals surface area contributed by atoms with E-state index in [-0.39, 0.29) is 11.5 Å². The van der Waals surface area contributed by atoms with Crippen molar-refractivity contribution in [2.45, 2.75) is 48.0 Å². The second-order valence-corrected chi connectivity index (χ2v) is 5.36. The van der Waals surface area contributed by atoms with Gasteiger partial charge in [0.05, 0.1) is 0 Å². The van der Waals surface area contributed by atoms with E-state index >= 15 is 0 Å². The van der Waals surface area contributed by atoms with Crippen LogP contribution in [0.3, 0.4) is 0 Å². The molecule has 14 heavy (non-hydrogen) atoms. The summed E-state index contributed by atoms with van der Waals surface area (Å²) in [5.74, 6) is -0.163. The van der Waals surface area contributed by atoms with Gasteiger partial charge in [0.15, 0.2) is 5.78 Å². The van der Waals surface area contributed by atoms with Crippen LogP contribution in [0.4, 0.5) is 0 Å². The van der Waals surface area contributed by atoms with Crippen LogP contribution in [0.25, 0.3) is 0 Å². The van der Waals surface area contributed by atoms with Gasteiger partial charge in [-0.25, -0.2) is 0 Å². The highest BCUT2D eigenvalue weighted by atomic mass is 16.3. The summed E-state index contributed by atoms with van der Waals surface area (Å²) in [7, 11) is 0. The Morgan fingerprint density at radius 2 is 1.64 bits per heavy atom. The van der Waals surface area contributed by atoms with E-state index in [1.165, 1.54) is 6.08 Å². The first-order valence-corrected chi connectivity index (χ1v) is 5.05. The maximum absolute atomic E-state index is 11.7. The predicted octanol–water partition coefficient (Wildman–Crippen LogP) is 2.28. The van der Waals surface area contributed by atoms with Crippen molar-refractivity contribution in [1.82, 2.24) is 0 Å². The maximum Gasteiger partial charge on any atom is 0.160 e. The van der Waals surface area contributed by atoms with Gasteiger partial charge in [0.1, 0.15) is 0 Å². The molecular formula is C12H21O2-. The first-order chi connectivity index (χ1) is 6.11. The average molecular weight is 197 g/mol. The van der Waals surface area contributed by atoms with E-state index in [2.05, 4.69) is 0 Å². The molecule has 0 radical (unpaired) electrons. The van der Waals surface area contributed by atoms with E-state index in [1.54, 1.807) is 0 Å². The molecule has 0 fully saturated rings. The molecule has 0 amide bonds. The van der Waals surface area contributed by atoms with Crippen LogP contribution < -0.4 is 5.11 Å². The predicted molar refractivity (Wildman–Crippen MR) is 56.6 cm³/mol. The molecule has 0 bridgehead atoms. The smallest absolute Gasteiger partial charge is 0.160 e. The number of carbonyl (C=O) groups is 1. The van der Waals surface area contributed by atoms with Crippen LogP contribution in [-0.4, -0.2) is 5.78 Å². The maximum atomic E-state index is 11.7. The highest BCUT2D eigenvalue weighted by Crippen LogP contribution is 2.25. The van der Waals surface area contributed by atoms with Gasteiger partial charge in [0.2, 0.25) is 0 Å². The SMILES string of the molecule is CCC(C)(C)C(=O)/C=C(\[O-])C(C)(C)C. The molecule has 0 N–H and O–H groups in total. The van der Waals surface area contributed by atoms with E-state index in [1.807, 2.05) is 41.5 Å². The summed E-state index contributed by atoms with van der Waals surface area (Å²) in [6.45, 7) is 11.1. The summed E-state index contributed by atoms with van der Waals surface area (Å²) in [4.78, 5) is 11.7. The molecule has 0 aromatic rings. The molecule has 0 atom stereocenters. The van der Waals surface area contributed by atoms with Gasteiger partial charge < -0.3 is 5.11 Å². The van der Waals surface area contributed by atoms with Gasteiger partial charge >= 0.3 is 0 Å². The summed E-state index contributed by atoms with van der Waals surface area (Å²) >= 11 is 0. The fourth-order valence-electron chi connectivity index (χ4n) is 0.705. The number of carbonyl (C=O) groups excluding carboxylic acids is 1. The lowest BCUT2D eigenvalue weighted by Gasteiger charge is -2.29. The molecule has 0 unspecified atom stereocenters. The number of ketones is 1. The number of hydrogen-bond donors (Lipinski definition) is 0. The fraction of sp³-hybridized carbons (Fsp3) is 0.750. The number of allylic oxidation sites excluding steroid dienone is 2. The van der Waals surface area contributed by atoms with E-state index in [0.29, 0.717) is 0 Å². The highest BCUT2D eigenvalue weighted by Gasteiger charge is 2.23. The Balaban J connectivity index is 4.77. The molecule has 0 saturated heterocycles. The molecule has 0 spiro atoms. The standard InChI is InChI=1S/C12H22O2/c1-7-12(5,6)10(14)8-9(13)11(2,3)4/h8,13H,7H2,1-6H3/p-1/b9-8-. The van der Waals surface area contributed by atoms with Gasteiger partial charge in [0, 0.05) is 5.41 Å². The summed E-state index contributed by atoms with van der Waals surface area (Å²) in [6.07, 6.45) is 2.00. The molecule has 2 nitrogen and oxygen atoms in total. The van der Waals surface area contributed by atoms with E-state index in [4.69, 9.17) is 0 Å². The van der Waals surface area contributed by atoms with Crippen molar-refractivity contribution in [1.29, 1.82) is 0 Å². The topological polar surface area (TPSA) is 40.1 Å². The van der Waals surface area contributed by atoms with Crippen molar-refractivity contribution in [3.8, 4) is 0 Å². The van der Waals surface area contributed by atoms with Crippen molar-refractivity contribution < 1.29 is 9.90 Å². The monoisotopic (exact) mass is 197 g/mol. The molecule has 0 aliphatic heterocycles. The lowest BCUT2D eigenvalue weighted by atomic mass is 9.83. The Labute approximate surface area is 87.0 Å². The Hall–Kier alpha value is -0.790. The fourth-order valence-corrected chi connectivity index (χ4v) is 0.705. The second kappa shape index (κ2) is 4.16. The summed E-state index contributed by atoms with van der Waals surface area (Å²) < 4.78 is 0. The van der Waals surface area contributed by atoms with Crippen LogP contribution >= 0.6 is 0 Å². The molecule has 0 aliphatic carbocycles. The molecule has 82 valence electrons. The Bertz CT molecular complexity index is 242. The third-order valence-corrected chi connectivity index (χ3v) is 2.55.